The van der Waals surface area contributed by atoms with Crippen molar-refractivity contribution in [3.63, 3.8) is 0 Å². The number of hydrogen-bond acceptors (Lipinski definition) is 5. The molecule has 0 radical (unpaired) electrons. The third-order valence-corrected chi connectivity index (χ3v) is 6.51. The van der Waals surface area contributed by atoms with Crippen molar-refractivity contribution in [3.8, 4) is 5.88 Å². The van der Waals surface area contributed by atoms with Gasteiger partial charge in [0.25, 0.3) is 5.91 Å². The minimum absolute atomic E-state index is 0.0189. The van der Waals surface area contributed by atoms with Gasteiger partial charge in [-0.05, 0) is 62.4 Å². The highest BCUT2D eigenvalue weighted by Crippen LogP contribution is 2.30. The Balaban J connectivity index is 1.33. The molecule has 2 amide bonds. The summed E-state index contributed by atoms with van der Waals surface area (Å²) in [7, 11) is 0. The zero-order valence-corrected chi connectivity index (χ0v) is 19.5. The Bertz CT molecular complexity index is 1050. The highest BCUT2D eigenvalue weighted by molar-refractivity contribution is 5.96. The van der Waals surface area contributed by atoms with Crippen LogP contribution in [0.25, 0.3) is 0 Å². The fraction of sp³-hybridized carbons (Fsp3) is 0.480. The summed E-state index contributed by atoms with van der Waals surface area (Å²) in [5, 5.41) is 5.67. The monoisotopic (exact) mass is 490 g/mol. The summed E-state index contributed by atoms with van der Waals surface area (Å²) in [5.74, 6) is -0.345. The van der Waals surface area contributed by atoms with E-state index in [2.05, 4.69) is 15.6 Å². The molecule has 1 saturated carbocycles. The molecule has 2 heterocycles. The first kappa shape index (κ1) is 25.0. The Morgan fingerprint density at radius 2 is 1.86 bits per heavy atom. The van der Waals surface area contributed by atoms with E-state index in [4.69, 9.17) is 4.74 Å². The van der Waals surface area contributed by atoms with Crippen LogP contribution in [-0.4, -0.2) is 59.5 Å². The van der Waals surface area contributed by atoms with Gasteiger partial charge in [-0.2, -0.15) is 13.2 Å². The number of aryl methyl sites for hydroxylation is 1. The first-order valence-corrected chi connectivity index (χ1v) is 11.8. The summed E-state index contributed by atoms with van der Waals surface area (Å²) in [6, 6.07) is 8.03. The Kier molecular flexibility index (Phi) is 7.59. The molecule has 1 aromatic carbocycles. The number of amides is 2. The zero-order chi connectivity index (χ0) is 25.0. The average Bonchev–Trinajstić information content (AvgIpc) is 2.80. The second-order valence-corrected chi connectivity index (χ2v) is 9.09. The van der Waals surface area contributed by atoms with E-state index in [9.17, 15) is 22.8 Å². The molecular weight excluding hydrogens is 461 g/mol. The fourth-order valence-electron chi connectivity index (χ4n) is 4.55. The molecule has 0 spiro atoms. The first-order valence-electron chi connectivity index (χ1n) is 11.8. The van der Waals surface area contributed by atoms with Crippen molar-refractivity contribution in [2.75, 3.05) is 19.6 Å². The van der Waals surface area contributed by atoms with Gasteiger partial charge in [0.2, 0.25) is 11.8 Å². The molecule has 1 aromatic heterocycles. The van der Waals surface area contributed by atoms with Crippen molar-refractivity contribution in [2.24, 2.45) is 0 Å². The van der Waals surface area contributed by atoms with Crippen LogP contribution in [0.1, 0.15) is 47.2 Å². The molecule has 0 atom stereocenters. The largest absolute Gasteiger partial charge is 0.474 e. The van der Waals surface area contributed by atoms with Gasteiger partial charge in [-0.1, -0.05) is 6.07 Å². The minimum Gasteiger partial charge on any atom is -0.474 e. The van der Waals surface area contributed by atoms with E-state index in [1.807, 2.05) is 24.0 Å². The predicted molar refractivity (Wildman–Crippen MR) is 123 cm³/mol. The van der Waals surface area contributed by atoms with Crippen LogP contribution in [0.15, 0.2) is 42.6 Å². The Morgan fingerprint density at radius 3 is 2.49 bits per heavy atom. The number of carbonyl (C=O) groups is 2. The lowest BCUT2D eigenvalue weighted by Gasteiger charge is -2.45. The SMILES string of the molecule is Cc1ccnc(OC2CCC(N(C(=O)CNC(=O)c3cccc(C(F)(F)F)c3)C3CNC3)CC2)c1. The first-order chi connectivity index (χ1) is 16.7. The van der Waals surface area contributed by atoms with E-state index < -0.39 is 17.6 Å². The van der Waals surface area contributed by atoms with Crippen molar-refractivity contribution in [3.05, 3.63) is 59.3 Å². The summed E-state index contributed by atoms with van der Waals surface area (Å²) in [5.41, 5.74) is 0.0375. The smallest absolute Gasteiger partial charge is 0.416 e. The number of nitrogens with zero attached hydrogens (tertiary/aromatic N) is 2. The maximum absolute atomic E-state index is 13.1. The maximum Gasteiger partial charge on any atom is 0.416 e. The molecule has 2 aliphatic rings. The molecule has 4 rings (SSSR count). The molecule has 7 nitrogen and oxygen atoms in total. The molecule has 188 valence electrons. The minimum atomic E-state index is -4.54. The number of benzene rings is 1. The van der Waals surface area contributed by atoms with Crippen molar-refractivity contribution in [1.82, 2.24) is 20.5 Å². The number of carbonyl (C=O) groups excluding carboxylic acids is 2. The number of hydrogen-bond donors (Lipinski definition) is 2. The molecule has 2 aromatic rings. The van der Waals surface area contributed by atoms with E-state index in [1.165, 1.54) is 12.1 Å². The van der Waals surface area contributed by atoms with Crippen LogP contribution in [0, 0.1) is 6.92 Å². The van der Waals surface area contributed by atoms with Gasteiger partial charge >= 0.3 is 6.18 Å². The van der Waals surface area contributed by atoms with E-state index in [0.29, 0.717) is 19.0 Å². The fourth-order valence-corrected chi connectivity index (χ4v) is 4.55. The van der Waals surface area contributed by atoms with Crippen LogP contribution in [0.4, 0.5) is 13.2 Å². The number of nitrogens with one attached hydrogen (secondary N) is 2. The number of aromatic nitrogens is 1. The molecule has 2 N–H and O–H groups in total. The molecule has 0 unspecified atom stereocenters. The van der Waals surface area contributed by atoms with Gasteiger partial charge < -0.3 is 20.3 Å². The summed E-state index contributed by atoms with van der Waals surface area (Å²) in [6.07, 6.45) is 0.284. The summed E-state index contributed by atoms with van der Waals surface area (Å²) < 4.78 is 44.9. The molecular formula is C25H29F3N4O3. The van der Waals surface area contributed by atoms with Gasteiger partial charge in [-0.3, -0.25) is 9.59 Å². The summed E-state index contributed by atoms with van der Waals surface area (Å²) in [4.78, 5) is 31.6. The Hall–Kier alpha value is -3.14. The number of halogens is 3. The van der Waals surface area contributed by atoms with Crippen LogP contribution in [0.2, 0.25) is 0 Å². The Morgan fingerprint density at radius 1 is 1.11 bits per heavy atom. The highest BCUT2D eigenvalue weighted by Gasteiger charge is 2.37. The van der Waals surface area contributed by atoms with Crippen LogP contribution < -0.4 is 15.4 Å². The third-order valence-electron chi connectivity index (χ3n) is 6.51. The highest BCUT2D eigenvalue weighted by atomic mass is 19.4. The maximum atomic E-state index is 13.1. The number of alkyl halides is 3. The van der Waals surface area contributed by atoms with E-state index in [-0.39, 0.29) is 36.2 Å². The van der Waals surface area contributed by atoms with Crippen LogP contribution in [-0.2, 0) is 11.0 Å². The zero-order valence-electron chi connectivity index (χ0n) is 19.5. The quantitative estimate of drug-likeness (QED) is 0.622. The van der Waals surface area contributed by atoms with Crippen molar-refractivity contribution < 1.29 is 27.5 Å². The molecule has 1 aliphatic carbocycles. The predicted octanol–water partition coefficient (Wildman–Crippen LogP) is 3.33. The Labute approximate surface area is 202 Å². The topological polar surface area (TPSA) is 83.6 Å². The van der Waals surface area contributed by atoms with Crippen LogP contribution in [0.3, 0.4) is 0 Å². The molecule has 2 fully saturated rings. The lowest BCUT2D eigenvalue weighted by atomic mass is 9.90. The average molecular weight is 491 g/mol. The lowest BCUT2D eigenvalue weighted by Crippen LogP contribution is -2.63. The van der Waals surface area contributed by atoms with Crippen LogP contribution >= 0.6 is 0 Å². The van der Waals surface area contributed by atoms with Gasteiger partial charge in [0, 0.05) is 37.0 Å². The molecule has 0 bridgehead atoms. The van der Waals surface area contributed by atoms with E-state index in [0.717, 1.165) is 43.4 Å². The number of pyridine rings is 1. The van der Waals surface area contributed by atoms with Gasteiger partial charge in [-0.25, -0.2) is 4.98 Å². The lowest BCUT2D eigenvalue weighted by molar-refractivity contribution is -0.138. The van der Waals surface area contributed by atoms with Crippen molar-refractivity contribution in [2.45, 2.75) is 57.0 Å². The van der Waals surface area contributed by atoms with Gasteiger partial charge in [-0.15, -0.1) is 0 Å². The van der Waals surface area contributed by atoms with Crippen molar-refractivity contribution >= 4 is 11.8 Å². The normalized spacial score (nSPS) is 20.6. The molecule has 35 heavy (non-hydrogen) atoms. The molecule has 10 heteroatoms. The third kappa shape index (κ3) is 6.30. The van der Waals surface area contributed by atoms with Gasteiger partial charge in [0.15, 0.2) is 0 Å². The summed E-state index contributed by atoms with van der Waals surface area (Å²) >= 11 is 0. The standard InChI is InChI=1S/C25H29F3N4O3/c1-16-9-10-30-22(11-16)35-21-7-5-19(6-8-21)32(20-13-29-14-20)23(33)15-31-24(34)17-3-2-4-18(12-17)25(26,27)28/h2-4,9-12,19-21,29H,5-8,13-15H2,1H3,(H,31,34). The summed E-state index contributed by atoms with van der Waals surface area (Å²) in [6.45, 7) is 3.07. The van der Waals surface area contributed by atoms with Crippen LogP contribution in [0.5, 0.6) is 5.88 Å². The number of rotatable bonds is 7. The molecule has 1 saturated heterocycles. The van der Waals surface area contributed by atoms with E-state index >= 15 is 0 Å². The van der Waals surface area contributed by atoms with Gasteiger partial charge in [0.05, 0.1) is 18.2 Å². The second kappa shape index (κ2) is 10.6. The van der Waals surface area contributed by atoms with Crippen molar-refractivity contribution in [1.29, 1.82) is 0 Å². The second-order valence-electron chi connectivity index (χ2n) is 9.09. The van der Waals surface area contributed by atoms with Gasteiger partial charge in [0.1, 0.15) is 6.10 Å². The number of ether oxygens (including phenoxy) is 1. The van der Waals surface area contributed by atoms with E-state index in [1.54, 1.807) is 6.20 Å². The molecule has 1 aliphatic heterocycles.